The third kappa shape index (κ3) is 7.54. The van der Waals surface area contributed by atoms with Gasteiger partial charge in [0.2, 0.25) is 0 Å². The summed E-state index contributed by atoms with van der Waals surface area (Å²) in [7, 11) is 0. The van der Waals surface area contributed by atoms with E-state index in [0.29, 0.717) is 31.2 Å². The summed E-state index contributed by atoms with van der Waals surface area (Å²) >= 11 is 0. The maximum absolute atomic E-state index is 12.5. The van der Waals surface area contributed by atoms with Gasteiger partial charge in [-0.15, -0.1) is 24.0 Å². The largest absolute Gasteiger partial charge is 0.434 e. The fourth-order valence-electron chi connectivity index (χ4n) is 2.27. The van der Waals surface area contributed by atoms with Crippen molar-refractivity contribution >= 4 is 29.9 Å². The van der Waals surface area contributed by atoms with Crippen molar-refractivity contribution in [3.63, 3.8) is 0 Å². The van der Waals surface area contributed by atoms with Crippen LogP contribution in [0.1, 0.15) is 18.1 Å². The van der Waals surface area contributed by atoms with E-state index in [1.165, 1.54) is 0 Å². The Labute approximate surface area is 169 Å². The molecule has 0 aliphatic rings. The molecule has 0 fully saturated rings. The van der Waals surface area contributed by atoms with Crippen LogP contribution in [0.4, 0.5) is 8.78 Å². The molecule has 0 saturated carbocycles. The molecule has 2 aromatic rings. The number of aliphatic imine (C=N–C) groups is 1. The number of hydrogen-bond acceptors (Lipinski definition) is 3. The Morgan fingerprint density at radius 3 is 2.81 bits per heavy atom. The molecule has 6 nitrogen and oxygen atoms in total. The Kier molecular flexibility index (Phi) is 9.92. The summed E-state index contributed by atoms with van der Waals surface area (Å²) in [5.41, 5.74) is 1.58. The maximum Gasteiger partial charge on any atom is 0.387 e. The number of rotatable bonds is 8. The molecule has 0 aliphatic carbocycles. The molecular formula is C17H24F2IN5O. The lowest BCUT2D eigenvalue weighted by molar-refractivity contribution is -0.0504. The third-order valence-electron chi connectivity index (χ3n) is 3.38. The minimum absolute atomic E-state index is 0. The fraction of sp³-hybridized carbons (Fsp3) is 0.412. The second-order valence-electron chi connectivity index (χ2n) is 5.38. The average molecular weight is 479 g/mol. The van der Waals surface area contributed by atoms with Crippen molar-refractivity contribution in [1.82, 2.24) is 20.4 Å². The standard InChI is InChI=1S/C17H23F2N5O.HI/c1-3-20-17(21-8-10-24-9-4-7-23-24)22-12-14-11-13(2)5-6-15(14)25-16(18)19;/h4-7,9,11,16H,3,8,10,12H2,1-2H3,(H2,20,21,22);1H. The van der Waals surface area contributed by atoms with Gasteiger partial charge in [-0.2, -0.15) is 13.9 Å². The minimum Gasteiger partial charge on any atom is -0.434 e. The Morgan fingerprint density at radius 2 is 2.15 bits per heavy atom. The lowest BCUT2D eigenvalue weighted by Gasteiger charge is -2.13. The smallest absolute Gasteiger partial charge is 0.387 e. The van der Waals surface area contributed by atoms with Crippen LogP contribution in [0.2, 0.25) is 0 Å². The number of halogens is 3. The van der Waals surface area contributed by atoms with Crippen molar-refractivity contribution < 1.29 is 13.5 Å². The van der Waals surface area contributed by atoms with Crippen LogP contribution in [0.25, 0.3) is 0 Å². The van der Waals surface area contributed by atoms with Crippen molar-refractivity contribution in [3.05, 3.63) is 47.8 Å². The second-order valence-corrected chi connectivity index (χ2v) is 5.38. The maximum atomic E-state index is 12.5. The van der Waals surface area contributed by atoms with Gasteiger partial charge in [-0.05, 0) is 26.0 Å². The van der Waals surface area contributed by atoms with Gasteiger partial charge in [-0.1, -0.05) is 17.7 Å². The van der Waals surface area contributed by atoms with Gasteiger partial charge in [0.25, 0.3) is 0 Å². The van der Waals surface area contributed by atoms with E-state index in [9.17, 15) is 8.78 Å². The molecule has 0 saturated heterocycles. The van der Waals surface area contributed by atoms with Gasteiger partial charge < -0.3 is 15.4 Å². The minimum atomic E-state index is -2.86. The van der Waals surface area contributed by atoms with Crippen LogP contribution in [0.5, 0.6) is 5.75 Å². The molecule has 0 aliphatic heterocycles. The normalized spacial score (nSPS) is 11.2. The number of aryl methyl sites for hydroxylation is 1. The lowest BCUT2D eigenvalue weighted by Crippen LogP contribution is -2.38. The van der Waals surface area contributed by atoms with E-state index in [4.69, 9.17) is 0 Å². The summed E-state index contributed by atoms with van der Waals surface area (Å²) in [5.74, 6) is 0.760. The molecule has 9 heteroatoms. The van der Waals surface area contributed by atoms with Crippen molar-refractivity contribution in [3.8, 4) is 5.75 Å². The van der Waals surface area contributed by atoms with E-state index in [1.54, 1.807) is 24.4 Å². The molecule has 2 N–H and O–H groups in total. The van der Waals surface area contributed by atoms with Gasteiger partial charge in [-0.3, -0.25) is 4.68 Å². The predicted octanol–water partition coefficient (Wildman–Crippen LogP) is 3.17. The second kappa shape index (κ2) is 11.7. The molecule has 26 heavy (non-hydrogen) atoms. The monoisotopic (exact) mass is 479 g/mol. The summed E-state index contributed by atoms with van der Waals surface area (Å²) in [6.45, 7) is 3.27. The van der Waals surface area contributed by atoms with Crippen LogP contribution >= 0.6 is 24.0 Å². The number of hydrogen-bond donors (Lipinski definition) is 2. The number of alkyl halides is 2. The Balaban J connectivity index is 0.00000338. The molecule has 1 aromatic heterocycles. The topological polar surface area (TPSA) is 63.5 Å². The van der Waals surface area contributed by atoms with Gasteiger partial charge >= 0.3 is 6.61 Å². The first-order valence-corrected chi connectivity index (χ1v) is 8.12. The first kappa shape index (κ1) is 22.1. The molecule has 144 valence electrons. The first-order chi connectivity index (χ1) is 12.1. The van der Waals surface area contributed by atoms with Gasteiger partial charge in [0.1, 0.15) is 5.75 Å². The summed E-state index contributed by atoms with van der Waals surface area (Å²) < 4.78 is 31.4. The van der Waals surface area contributed by atoms with Crippen molar-refractivity contribution in [2.24, 2.45) is 4.99 Å². The van der Waals surface area contributed by atoms with Crippen LogP contribution in [-0.4, -0.2) is 35.4 Å². The van der Waals surface area contributed by atoms with Crippen LogP contribution in [-0.2, 0) is 13.1 Å². The third-order valence-corrected chi connectivity index (χ3v) is 3.38. The molecule has 1 heterocycles. The molecular weight excluding hydrogens is 455 g/mol. The highest BCUT2D eigenvalue weighted by Gasteiger charge is 2.10. The number of ether oxygens (including phenoxy) is 1. The van der Waals surface area contributed by atoms with E-state index >= 15 is 0 Å². The van der Waals surface area contributed by atoms with Crippen LogP contribution in [0.3, 0.4) is 0 Å². The zero-order chi connectivity index (χ0) is 18.1. The van der Waals surface area contributed by atoms with E-state index in [0.717, 1.165) is 5.56 Å². The molecule has 0 spiro atoms. The summed E-state index contributed by atoms with van der Waals surface area (Å²) in [4.78, 5) is 4.45. The highest BCUT2D eigenvalue weighted by atomic mass is 127. The molecule has 0 bridgehead atoms. The molecule has 0 atom stereocenters. The van der Waals surface area contributed by atoms with Gasteiger partial charge in [0, 0.05) is 31.0 Å². The van der Waals surface area contributed by atoms with Crippen molar-refractivity contribution in [1.29, 1.82) is 0 Å². The first-order valence-electron chi connectivity index (χ1n) is 8.12. The quantitative estimate of drug-likeness (QED) is 0.347. The van der Waals surface area contributed by atoms with E-state index in [-0.39, 0.29) is 36.3 Å². The summed E-state index contributed by atoms with van der Waals surface area (Å²) in [6.07, 6.45) is 3.61. The van der Waals surface area contributed by atoms with Crippen molar-refractivity contribution in [2.45, 2.75) is 33.5 Å². The molecule has 0 unspecified atom stereocenters. The summed E-state index contributed by atoms with van der Waals surface area (Å²) in [5, 5.41) is 10.5. The van der Waals surface area contributed by atoms with Crippen LogP contribution in [0.15, 0.2) is 41.7 Å². The Morgan fingerprint density at radius 1 is 1.35 bits per heavy atom. The predicted molar refractivity (Wildman–Crippen MR) is 108 cm³/mol. The number of nitrogens with zero attached hydrogens (tertiary/aromatic N) is 3. The molecule has 2 rings (SSSR count). The Bertz CT molecular complexity index is 680. The highest BCUT2D eigenvalue weighted by molar-refractivity contribution is 14.0. The van der Waals surface area contributed by atoms with Crippen LogP contribution < -0.4 is 15.4 Å². The average Bonchev–Trinajstić information content (AvgIpc) is 3.08. The lowest BCUT2D eigenvalue weighted by atomic mass is 10.1. The zero-order valence-electron chi connectivity index (χ0n) is 14.8. The molecule has 0 amide bonds. The molecule has 0 radical (unpaired) electrons. The van der Waals surface area contributed by atoms with Crippen molar-refractivity contribution in [2.75, 3.05) is 13.1 Å². The van der Waals surface area contributed by atoms with Gasteiger partial charge in [0.05, 0.1) is 13.1 Å². The van der Waals surface area contributed by atoms with Crippen LogP contribution in [0, 0.1) is 6.92 Å². The number of benzene rings is 1. The number of guanidine groups is 1. The van der Waals surface area contributed by atoms with Gasteiger partial charge in [-0.25, -0.2) is 4.99 Å². The summed E-state index contributed by atoms with van der Waals surface area (Å²) in [6, 6.07) is 6.94. The fourth-order valence-corrected chi connectivity index (χ4v) is 2.27. The molecule has 1 aromatic carbocycles. The van der Waals surface area contributed by atoms with E-state index in [2.05, 4.69) is 25.5 Å². The number of nitrogens with one attached hydrogen (secondary N) is 2. The van der Waals surface area contributed by atoms with E-state index < -0.39 is 6.61 Å². The highest BCUT2D eigenvalue weighted by Crippen LogP contribution is 2.22. The van der Waals surface area contributed by atoms with E-state index in [1.807, 2.05) is 30.8 Å². The number of aromatic nitrogens is 2. The Hall–Kier alpha value is -1.91. The zero-order valence-corrected chi connectivity index (χ0v) is 17.1. The van der Waals surface area contributed by atoms with Gasteiger partial charge in [0.15, 0.2) is 5.96 Å². The SMILES string of the molecule is CCNC(=NCc1cc(C)ccc1OC(F)F)NCCn1cccn1.I.